The molecule has 0 bridgehead atoms. The summed E-state index contributed by atoms with van der Waals surface area (Å²) in [5.41, 5.74) is 5.07. The largest absolute Gasteiger partial charge is 0.506 e. The Kier molecular flexibility index (Phi) is 3.33. The van der Waals surface area contributed by atoms with Gasteiger partial charge in [0, 0.05) is 6.07 Å². The van der Waals surface area contributed by atoms with Gasteiger partial charge in [0.05, 0.1) is 23.2 Å². The van der Waals surface area contributed by atoms with Crippen molar-refractivity contribution >= 4 is 23.6 Å². The SMILES string of the molecule is Nc1c2c(cc(=O)n1-c1cc(CC(=O)O)ccc1O)C(=O)NC2=O. The van der Waals surface area contributed by atoms with E-state index in [1.807, 2.05) is 5.32 Å². The van der Waals surface area contributed by atoms with Gasteiger partial charge in [0.25, 0.3) is 17.4 Å². The van der Waals surface area contributed by atoms with Gasteiger partial charge in [-0.1, -0.05) is 6.07 Å². The number of aromatic nitrogens is 1. The maximum atomic E-state index is 12.3. The number of pyridine rings is 1. The van der Waals surface area contributed by atoms with Crippen LogP contribution in [-0.4, -0.2) is 32.6 Å². The van der Waals surface area contributed by atoms with Gasteiger partial charge < -0.3 is 15.9 Å². The van der Waals surface area contributed by atoms with Crippen LogP contribution in [0.3, 0.4) is 0 Å². The first-order valence-electron chi connectivity index (χ1n) is 6.75. The molecule has 0 atom stereocenters. The molecule has 24 heavy (non-hydrogen) atoms. The van der Waals surface area contributed by atoms with Gasteiger partial charge in [-0.25, -0.2) is 0 Å². The summed E-state index contributed by atoms with van der Waals surface area (Å²) in [6.45, 7) is 0. The Bertz CT molecular complexity index is 976. The fourth-order valence-corrected chi connectivity index (χ4v) is 2.56. The molecule has 0 aliphatic carbocycles. The van der Waals surface area contributed by atoms with Crippen LogP contribution in [0.15, 0.2) is 29.1 Å². The van der Waals surface area contributed by atoms with E-state index >= 15 is 0 Å². The number of phenolic OH excluding ortho intramolecular Hbond substituents is 1. The molecule has 1 aromatic heterocycles. The third-order valence-electron chi connectivity index (χ3n) is 3.59. The zero-order valence-corrected chi connectivity index (χ0v) is 12.1. The number of carboxylic acid groups (broad SMARTS) is 1. The summed E-state index contributed by atoms with van der Waals surface area (Å²) in [6.07, 6.45) is -0.328. The molecule has 1 aliphatic heterocycles. The third kappa shape index (κ3) is 2.28. The first kappa shape index (κ1) is 15.3. The van der Waals surface area contributed by atoms with E-state index in [4.69, 9.17) is 10.8 Å². The van der Waals surface area contributed by atoms with E-state index in [0.29, 0.717) is 5.56 Å². The van der Waals surface area contributed by atoms with Crippen molar-refractivity contribution < 1.29 is 24.6 Å². The van der Waals surface area contributed by atoms with Crippen molar-refractivity contribution in [3.63, 3.8) is 0 Å². The van der Waals surface area contributed by atoms with Gasteiger partial charge in [-0.15, -0.1) is 0 Å². The van der Waals surface area contributed by atoms with E-state index in [2.05, 4.69) is 0 Å². The molecule has 0 saturated carbocycles. The molecule has 2 aromatic rings. The topological polar surface area (TPSA) is 152 Å². The Morgan fingerprint density at radius 1 is 1.17 bits per heavy atom. The molecular formula is C15H11N3O6. The summed E-state index contributed by atoms with van der Waals surface area (Å²) >= 11 is 0. The lowest BCUT2D eigenvalue weighted by Gasteiger charge is -2.14. The number of hydrogen-bond donors (Lipinski definition) is 4. The number of rotatable bonds is 3. The van der Waals surface area contributed by atoms with Crippen molar-refractivity contribution in [1.82, 2.24) is 9.88 Å². The number of hydrogen-bond acceptors (Lipinski definition) is 6. The van der Waals surface area contributed by atoms with E-state index in [1.165, 1.54) is 18.2 Å². The van der Waals surface area contributed by atoms with Gasteiger partial charge in [0.15, 0.2) is 0 Å². The first-order valence-corrected chi connectivity index (χ1v) is 6.75. The molecular weight excluding hydrogens is 318 g/mol. The fourth-order valence-electron chi connectivity index (χ4n) is 2.56. The molecule has 0 spiro atoms. The fraction of sp³-hybridized carbons (Fsp3) is 0.0667. The van der Waals surface area contributed by atoms with Crippen LogP contribution in [0.2, 0.25) is 0 Å². The van der Waals surface area contributed by atoms with Crippen LogP contribution in [0.25, 0.3) is 5.69 Å². The molecule has 1 aromatic carbocycles. The van der Waals surface area contributed by atoms with E-state index < -0.39 is 23.3 Å². The molecule has 9 heteroatoms. The molecule has 3 rings (SSSR count). The molecule has 0 unspecified atom stereocenters. The Hall–Kier alpha value is -3.62. The molecule has 1 aliphatic rings. The number of fused-ring (bicyclic) bond motifs is 1. The third-order valence-corrected chi connectivity index (χ3v) is 3.59. The number of carboxylic acids is 1. The second-order valence-electron chi connectivity index (χ2n) is 5.17. The molecule has 0 radical (unpaired) electrons. The summed E-state index contributed by atoms with van der Waals surface area (Å²) in [7, 11) is 0. The van der Waals surface area contributed by atoms with E-state index in [-0.39, 0.29) is 34.8 Å². The number of aliphatic carboxylic acids is 1. The van der Waals surface area contributed by atoms with Crippen LogP contribution in [0.4, 0.5) is 5.82 Å². The Balaban J connectivity index is 2.27. The number of benzene rings is 1. The number of amides is 2. The number of nitrogen functional groups attached to an aromatic ring is 1. The van der Waals surface area contributed by atoms with Gasteiger partial charge >= 0.3 is 5.97 Å². The standard InChI is InChI=1S/C15H11N3O6/c16-13-12-7(14(23)17-15(12)24)5-10(20)18(13)8-3-6(4-11(21)22)1-2-9(8)19/h1-3,5,19H,4,16H2,(H,21,22)(H,17,23,24). The number of imide groups is 1. The first-order chi connectivity index (χ1) is 11.3. The highest BCUT2D eigenvalue weighted by atomic mass is 16.4. The lowest BCUT2D eigenvalue weighted by Crippen LogP contribution is -2.24. The van der Waals surface area contributed by atoms with Crippen LogP contribution < -0.4 is 16.6 Å². The van der Waals surface area contributed by atoms with Crippen molar-refractivity contribution in [3.8, 4) is 11.4 Å². The van der Waals surface area contributed by atoms with E-state index in [9.17, 15) is 24.3 Å². The van der Waals surface area contributed by atoms with Gasteiger partial charge in [0.2, 0.25) is 0 Å². The molecule has 0 saturated heterocycles. The molecule has 122 valence electrons. The van der Waals surface area contributed by atoms with E-state index in [1.54, 1.807) is 0 Å². The molecule has 2 heterocycles. The number of nitrogens with zero attached hydrogens (tertiary/aromatic N) is 1. The summed E-state index contributed by atoms with van der Waals surface area (Å²) < 4.78 is 0.859. The quantitative estimate of drug-likeness (QED) is 0.561. The number of carbonyl (C=O) groups excluding carboxylic acids is 2. The maximum absolute atomic E-state index is 12.3. The summed E-state index contributed by atoms with van der Waals surface area (Å²) in [4.78, 5) is 46.6. The van der Waals surface area contributed by atoms with Crippen molar-refractivity contribution in [2.45, 2.75) is 6.42 Å². The van der Waals surface area contributed by atoms with Gasteiger partial charge in [-0.3, -0.25) is 29.1 Å². The van der Waals surface area contributed by atoms with Gasteiger partial charge in [0.1, 0.15) is 11.6 Å². The molecule has 0 fully saturated rings. The average Bonchev–Trinajstić information content (AvgIpc) is 2.76. The van der Waals surface area contributed by atoms with Gasteiger partial charge in [-0.05, 0) is 17.7 Å². The lowest BCUT2D eigenvalue weighted by atomic mass is 10.1. The van der Waals surface area contributed by atoms with Crippen molar-refractivity contribution in [1.29, 1.82) is 0 Å². The van der Waals surface area contributed by atoms with Crippen LogP contribution in [0.5, 0.6) is 5.75 Å². The zero-order chi connectivity index (χ0) is 17.6. The van der Waals surface area contributed by atoms with Crippen LogP contribution >= 0.6 is 0 Å². The van der Waals surface area contributed by atoms with Crippen molar-refractivity contribution in [2.24, 2.45) is 0 Å². The monoisotopic (exact) mass is 329 g/mol. The highest BCUT2D eigenvalue weighted by molar-refractivity contribution is 6.23. The van der Waals surface area contributed by atoms with E-state index in [0.717, 1.165) is 10.6 Å². The number of carbonyl (C=O) groups is 3. The number of nitrogens with two attached hydrogens (primary N) is 1. The highest BCUT2D eigenvalue weighted by Gasteiger charge is 2.32. The molecule has 2 amide bonds. The molecule has 9 nitrogen and oxygen atoms in total. The highest BCUT2D eigenvalue weighted by Crippen LogP contribution is 2.28. The second-order valence-corrected chi connectivity index (χ2v) is 5.17. The minimum absolute atomic E-state index is 0.0776. The number of phenols is 1. The molecule has 5 N–H and O–H groups in total. The van der Waals surface area contributed by atoms with Crippen molar-refractivity contribution in [2.75, 3.05) is 5.73 Å². The minimum Gasteiger partial charge on any atom is -0.506 e. The number of nitrogens with one attached hydrogen (secondary N) is 1. The average molecular weight is 329 g/mol. The normalized spacial score (nSPS) is 12.8. The predicted molar refractivity (Wildman–Crippen MR) is 81.3 cm³/mol. The smallest absolute Gasteiger partial charge is 0.307 e. The number of anilines is 1. The minimum atomic E-state index is -1.09. The van der Waals surface area contributed by atoms with Crippen LogP contribution in [-0.2, 0) is 11.2 Å². The zero-order valence-electron chi connectivity index (χ0n) is 12.1. The van der Waals surface area contributed by atoms with Crippen LogP contribution in [0.1, 0.15) is 26.3 Å². The second kappa shape index (κ2) is 5.23. The Labute approximate surface area is 133 Å². The van der Waals surface area contributed by atoms with Gasteiger partial charge in [-0.2, -0.15) is 0 Å². The summed E-state index contributed by atoms with van der Waals surface area (Å²) in [5.74, 6) is -3.21. The summed E-state index contributed by atoms with van der Waals surface area (Å²) in [6, 6.07) is 4.83. The Morgan fingerprint density at radius 3 is 2.54 bits per heavy atom. The lowest BCUT2D eigenvalue weighted by molar-refractivity contribution is -0.136. The number of aromatic hydroxyl groups is 1. The van der Waals surface area contributed by atoms with Crippen LogP contribution in [0, 0.1) is 0 Å². The van der Waals surface area contributed by atoms with Crippen molar-refractivity contribution in [3.05, 3.63) is 51.3 Å². The maximum Gasteiger partial charge on any atom is 0.307 e. The summed E-state index contributed by atoms with van der Waals surface area (Å²) in [5, 5.41) is 20.9. The Morgan fingerprint density at radius 2 is 1.88 bits per heavy atom. The predicted octanol–water partition coefficient (Wildman–Crippen LogP) is -0.364.